The van der Waals surface area contributed by atoms with Crippen LogP contribution in [0.5, 0.6) is 0 Å². The van der Waals surface area contributed by atoms with Crippen LogP contribution in [0.4, 0.5) is 0 Å². The molecule has 180 valence electrons. The third-order valence-corrected chi connectivity index (χ3v) is 9.36. The van der Waals surface area contributed by atoms with Crippen LogP contribution in [0.15, 0.2) is 84.9 Å². The maximum absolute atomic E-state index is 11.4. The summed E-state index contributed by atoms with van der Waals surface area (Å²) in [5.74, 6) is -0.951. The Kier molecular flexibility index (Phi) is 6.19. The van der Waals surface area contributed by atoms with Gasteiger partial charge in [-0.2, -0.15) is 0 Å². The number of nitrogens with zero attached hydrogens (tertiary/aromatic N) is 1. The SMILES string of the molecule is N[C@@H](CCN(Cc1cccc2c1sc1ccccc12)Cc1cccc2c1sc1ccccc12)C(=O)O. The van der Waals surface area contributed by atoms with Crippen molar-refractivity contribution < 1.29 is 9.90 Å². The molecule has 2 aromatic heterocycles. The first-order valence-electron chi connectivity index (χ1n) is 12.1. The van der Waals surface area contributed by atoms with Gasteiger partial charge in [-0.3, -0.25) is 9.69 Å². The minimum Gasteiger partial charge on any atom is -0.480 e. The highest BCUT2D eigenvalue weighted by atomic mass is 32.1. The quantitative estimate of drug-likeness (QED) is 0.227. The fraction of sp³-hybridized carbons (Fsp3) is 0.167. The zero-order chi connectivity index (χ0) is 24.6. The van der Waals surface area contributed by atoms with E-state index in [0.29, 0.717) is 13.0 Å². The predicted molar refractivity (Wildman–Crippen MR) is 153 cm³/mol. The maximum Gasteiger partial charge on any atom is 0.320 e. The van der Waals surface area contributed by atoms with E-state index >= 15 is 0 Å². The molecule has 0 radical (unpaired) electrons. The van der Waals surface area contributed by atoms with Crippen molar-refractivity contribution in [2.24, 2.45) is 5.73 Å². The largest absolute Gasteiger partial charge is 0.480 e. The van der Waals surface area contributed by atoms with Gasteiger partial charge in [-0.25, -0.2) is 0 Å². The van der Waals surface area contributed by atoms with Gasteiger partial charge < -0.3 is 10.8 Å². The van der Waals surface area contributed by atoms with Gasteiger partial charge in [0.15, 0.2) is 0 Å². The normalized spacial score (nSPS) is 12.8. The monoisotopic (exact) mass is 510 g/mol. The average molecular weight is 511 g/mol. The standard InChI is InChI=1S/C30H26N2O2S2/c31-25(30(33)34)15-16-32(17-19-7-5-11-23-21-9-1-3-13-26(21)35-28(19)23)18-20-8-6-12-24-22-10-2-4-14-27(22)36-29(20)24/h1-14,25H,15-18,31H2,(H,33,34)/t25-/m0/s1. The van der Waals surface area contributed by atoms with Crippen molar-refractivity contribution in [3.05, 3.63) is 96.1 Å². The van der Waals surface area contributed by atoms with Crippen molar-refractivity contribution in [3.8, 4) is 0 Å². The zero-order valence-electron chi connectivity index (χ0n) is 19.7. The van der Waals surface area contributed by atoms with Gasteiger partial charge in [-0.15, -0.1) is 22.7 Å². The average Bonchev–Trinajstić information content (AvgIpc) is 3.47. The van der Waals surface area contributed by atoms with Gasteiger partial charge in [0.25, 0.3) is 0 Å². The van der Waals surface area contributed by atoms with Gasteiger partial charge in [0.1, 0.15) is 6.04 Å². The number of carboxylic acid groups (broad SMARTS) is 1. The molecule has 0 saturated carbocycles. The Morgan fingerprint density at radius 2 is 1.19 bits per heavy atom. The number of hydrogen-bond donors (Lipinski definition) is 2. The van der Waals surface area contributed by atoms with Gasteiger partial charge in [0, 0.05) is 60.0 Å². The van der Waals surface area contributed by atoms with Crippen LogP contribution < -0.4 is 5.73 Å². The summed E-state index contributed by atoms with van der Waals surface area (Å²) in [4.78, 5) is 13.8. The fourth-order valence-corrected chi connectivity index (χ4v) is 7.41. The molecule has 0 saturated heterocycles. The lowest BCUT2D eigenvalue weighted by Gasteiger charge is -2.24. The lowest BCUT2D eigenvalue weighted by molar-refractivity contribution is -0.138. The molecular weight excluding hydrogens is 484 g/mol. The number of carboxylic acids is 1. The summed E-state index contributed by atoms with van der Waals surface area (Å²) in [5, 5.41) is 14.5. The first-order valence-corrected chi connectivity index (χ1v) is 13.7. The van der Waals surface area contributed by atoms with E-state index in [-0.39, 0.29) is 0 Å². The van der Waals surface area contributed by atoms with E-state index in [1.54, 1.807) is 0 Å². The molecule has 0 aliphatic rings. The van der Waals surface area contributed by atoms with E-state index in [2.05, 4.69) is 89.8 Å². The summed E-state index contributed by atoms with van der Waals surface area (Å²) in [6.07, 6.45) is 0.403. The van der Waals surface area contributed by atoms with Crippen LogP contribution in [0, 0.1) is 0 Å². The molecule has 0 amide bonds. The lowest BCUT2D eigenvalue weighted by Crippen LogP contribution is -2.35. The molecule has 0 aliphatic heterocycles. The predicted octanol–water partition coefficient (Wildman–Crippen LogP) is 7.23. The molecule has 3 N–H and O–H groups in total. The van der Waals surface area contributed by atoms with Gasteiger partial charge in [-0.1, -0.05) is 72.8 Å². The lowest BCUT2D eigenvalue weighted by atomic mass is 10.1. The summed E-state index contributed by atoms with van der Waals surface area (Å²) in [7, 11) is 0. The third kappa shape index (κ3) is 4.27. The first-order chi connectivity index (χ1) is 17.6. The van der Waals surface area contributed by atoms with E-state index in [1.165, 1.54) is 51.5 Å². The minimum absolute atomic E-state index is 0.403. The number of nitrogens with two attached hydrogens (primary N) is 1. The number of fused-ring (bicyclic) bond motifs is 6. The van der Waals surface area contributed by atoms with Crippen LogP contribution in [-0.2, 0) is 17.9 Å². The van der Waals surface area contributed by atoms with Crippen molar-refractivity contribution in [1.29, 1.82) is 0 Å². The van der Waals surface area contributed by atoms with Crippen molar-refractivity contribution in [1.82, 2.24) is 4.90 Å². The van der Waals surface area contributed by atoms with E-state index in [4.69, 9.17) is 5.73 Å². The minimum atomic E-state index is -0.951. The Balaban J connectivity index is 1.38. The molecule has 6 heteroatoms. The first kappa shape index (κ1) is 23.1. The van der Waals surface area contributed by atoms with Crippen LogP contribution in [0.3, 0.4) is 0 Å². The fourth-order valence-electron chi connectivity index (χ4n) is 5.00. The van der Waals surface area contributed by atoms with Gasteiger partial charge in [0.2, 0.25) is 0 Å². The van der Waals surface area contributed by atoms with Crippen LogP contribution in [0.25, 0.3) is 40.3 Å². The highest BCUT2D eigenvalue weighted by molar-refractivity contribution is 7.26. The summed E-state index contributed by atoms with van der Waals surface area (Å²) in [6, 6.07) is 29.2. The number of carbonyl (C=O) groups is 1. The van der Waals surface area contributed by atoms with Crippen LogP contribution in [0.1, 0.15) is 17.5 Å². The number of aliphatic carboxylic acids is 1. The molecule has 0 fully saturated rings. The molecule has 1 atom stereocenters. The molecule has 4 nitrogen and oxygen atoms in total. The zero-order valence-corrected chi connectivity index (χ0v) is 21.3. The van der Waals surface area contributed by atoms with E-state index < -0.39 is 12.0 Å². The Bertz CT molecular complexity index is 1600. The molecule has 0 spiro atoms. The molecule has 6 rings (SSSR count). The molecule has 0 bridgehead atoms. The van der Waals surface area contributed by atoms with Crippen molar-refractivity contribution in [3.63, 3.8) is 0 Å². The second kappa shape index (κ2) is 9.64. The second-order valence-electron chi connectivity index (χ2n) is 9.23. The Hall–Kier alpha value is -3.29. The molecule has 0 unspecified atom stereocenters. The summed E-state index contributed by atoms with van der Waals surface area (Å²) in [6.45, 7) is 2.07. The number of thiophene rings is 2. The highest BCUT2D eigenvalue weighted by Gasteiger charge is 2.18. The van der Waals surface area contributed by atoms with E-state index in [9.17, 15) is 9.90 Å². The smallest absolute Gasteiger partial charge is 0.320 e. The van der Waals surface area contributed by atoms with E-state index in [0.717, 1.165) is 13.1 Å². The molecule has 36 heavy (non-hydrogen) atoms. The summed E-state index contributed by atoms with van der Waals surface area (Å²) < 4.78 is 5.17. The van der Waals surface area contributed by atoms with Gasteiger partial charge >= 0.3 is 5.97 Å². The van der Waals surface area contributed by atoms with Gasteiger partial charge in [0.05, 0.1) is 0 Å². The van der Waals surface area contributed by atoms with Crippen LogP contribution in [0.2, 0.25) is 0 Å². The summed E-state index contributed by atoms with van der Waals surface area (Å²) in [5.41, 5.74) is 8.44. The molecule has 4 aromatic carbocycles. The van der Waals surface area contributed by atoms with Crippen molar-refractivity contribution in [2.75, 3.05) is 6.54 Å². The van der Waals surface area contributed by atoms with E-state index in [1.807, 2.05) is 22.7 Å². The van der Waals surface area contributed by atoms with Crippen LogP contribution >= 0.6 is 22.7 Å². The molecule has 2 heterocycles. The second-order valence-corrected chi connectivity index (χ2v) is 11.3. The molecule has 6 aromatic rings. The van der Waals surface area contributed by atoms with Crippen molar-refractivity contribution >= 4 is 69.0 Å². The Morgan fingerprint density at radius 3 is 1.69 bits per heavy atom. The molecule has 0 aliphatic carbocycles. The maximum atomic E-state index is 11.4. The molecular formula is C30H26N2O2S2. The third-order valence-electron chi connectivity index (χ3n) is 6.83. The number of hydrogen-bond acceptors (Lipinski definition) is 5. The number of rotatable bonds is 8. The highest BCUT2D eigenvalue weighted by Crippen LogP contribution is 2.38. The van der Waals surface area contributed by atoms with Gasteiger partial charge in [-0.05, 0) is 29.7 Å². The summed E-state index contributed by atoms with van der Waals surface area (Å²) >= 11 is 3.66. The van der Waals surface area contributed by atoms with Crippen LogP contribution in [-0.4, -0.2) is 28.6 Å². The number of benzene rings is 4. The van der Waals surface area contributed by atoms with Crippen molar-refractivity contribution in [2.45, 2.75) is 25.6 Å². The Morgan fingerprint density at radius 1 is 0.722 bits per heavy atom. The topological polar surface area (TPSA) is 66.6 Å². The Labute approximate surface area is 217 Å².